The van der Waals surface area contributed by atoms with Crippen molar-refractivity contribution in [2.45, 2.75) is 12.5 Å². The molecule has 0 radical (unpaired) electrons. The van der Waals surface area contributed by atoms with E-state index in [1.165, 1.54) is 10.9 Å². The van der Waals surface area contributed by atoms with Crippen LogP contribution in [0.15, 0.2) is 52.3 Å². The van der Waals surface area contributed by atoms with Crippen LogP contribution < -0.4 is 5.73 Å². The highest BCUT2D eigenvalue weighted by Gasteiger charge is 2.14. The highest BCUT2D eigenvalue weighted by molar-refractivity contribution is 9.10. The molecule has 4 heteroatoms. The maximum Gasteiger partial charge on any atom is 0.131 e. The monoisotopic (exact) mass is 349 g/mol. The van der Waals surface area contributed by atoms with Crippen molar-refractivity contribution in [2.24, 2.45) is 5.73 Å². The van der Waals surface area contributed by atoms with Crippen molar-refractivity contribution in [2.75, 3.05) is 0 Å². The highest BCUT2D eigenvalue weighted by atomic mass is 79.9. The molecule has 1 atom stereocenters. The third-order valence-electron chi connectivity index (χ3n) is 3.40. The molecule has 0 aliphatic carbocycles. The Kier molecular flexibility index (Phi) is 3.87. The quantitative estimate of drug-likeness (QED) is 0.703. The summed E-state index contributed by atoms with van der Waals surface area (Å²) in [6, 6.07) is 12.7. The van der Waals surface area contributed by atoms with Crippen LogP contribution in [0.1, 0.15) is 16.5 Å². The third kappa shape index (κ3) is 2.51. The number of thiophene rings is 1. The highest BCUT2D eigenvalue weighted by Crippen LogP contribution is 2.31. The summed E-state index contributed by atoms with van der Waals surface area (Å²) in [5.41, 5.74) is 7.32. The van der Waals surface area contributed by atoms with E-state index in [0.29, 0.717) is 5.39 Å². The number of hydrogen-bond acceptors (Lipinski definition) is 2. The number of halogens is 2. The Balaban J connectivity index is 2.02. The van der Waals surface area contributed by atoms with Crippen LogP contribution in [-0.2, 0) is 6.42 Å². The van der Waals surface area contributed by atoms with Crippen LogP contribution in [0.2, 0.25) is 0 Å². The average molecular weight is 350 g/mol. The molecule has 2 N–H and O–H groups in total. The predicted molar refractivity (Wildman–Crippen MR) is 86.6 cm³/mol. The van der Waals surface area contributed by atoms with Crippen LogP contribution in [0, 0.1) is 5.82 Å². The molecule has 0 bridgehead atoms. The molecule has 1 heterocycles. The Labute approximate surface area is 129 Å². The first kappa shape index (κ1) is 13.7. The zero-order chi connectivity index (χ0) is 14.1. The molecule has 20 heavy (non-hydrogen) atoms. The molecule has 0 spiro atoms. The van der Waals surface area contributed by atoms with Crippen LogP contribution in [0.3, 0.4) is 0 Å². The Bertz CT molecular complexity index is 753. The van der Waals surface area contributed by atoms with Gasteiger partial charge in [0.15, 0.2) is 0 Å². The van der Waals surface area contributed by atoms with E-state index in [9.17, 15) is 4.39 Å². The SMILES string of the molecule is NC(Cc1sccc1Br)c1ccc(F)c2ccccc12. The lowest BCUT2D eigenvalue weighted by molar-refractivity contribution is 0.637. The molecule has 102 valence electrons. The molecule has 0 amide bonds. The Morgan fingerprint density at radius 3 is 2.55 bits per heavy atom. The standard InChI is InChI=1S/C16H13BrFNS/c17-13-7-8-20-16(13)9-15(19)12-5-6-14(18)11-4-2-1-3-10(11)12/h1-8,15H,9,19H2. The van der Waals surface area contributed by atoms with Gasteiger partial charge in [0.2, 0.25) is 0 Å². The van der Waals surface area contributed by atoms with Gasteiger partial charge in [-0.15, -0.1) is 11.3 Å². The molecule has 1 unspecified atom stereocenters. The summed E-state index contributed by atoms with van der Waals surface area (Å²) in [4.78, 5) is 1.21. The van der Waals surface area contributed by atoms with Crippen LogP contribution in [-0.4, -0.2) is 0 Å². The summed E-state index contributed by atoms with van der Waals surface area (Å²) >= 11 is 5.20. The Morgan fingerprint density at radius 2 is 1.85 bits per heavy atom. The fourth-order valence-corrected chi connectivity index (χ4v) is 3.96. The van der Waals surface area contributed by atoms with Gasteiger partial charge in [-0.1, -0.05) is 30.3 Å². The van der Waals surface area contributed by atoms with E-state index >= 15 is 0 Å². The molecule has 3 aromatic rings. The van der Waals surface area contributed by atoms with Gasteiger partial charge in [0.1, 0.15) is 5.82 Å². The molecule has 0 fully saturated rings. The third-order valence-corrected chi connectivity index (χ3v) is 5.35. The van der Waals surface area contributed by atoms with E-state index < -0.39 is 0 Å². The topological polar surface area (TPSA) is 26.0 Å². The van der Waals surface area contributed by atoms with Gasteiger partial charge in [0.25, 0.3) is 0 Å². The maximum atomic E-state index is 13.8. The molecule has 0 saturated carbocycles. The van der Waals surface area contributed by atoms with Crippen molar-refractivity contribution in [1.29, 1.82) is 0 Å². The smallest absolute Gasteiger partial charge is 0.131 e. The summed E-state index contributed by atoms with van der Waals surface area (Å²) in [5.74, 6) is -0.200. The minimum absolute atomic E-state index is 0.143. The predicted octanol–water partition coefficient (Wildman–Crippen LogP) is 5.05. The molecule has 0 saturated heterocycles. The van der Waals surface area contributed by atoms with E-state index in [1.54, 1.807) is 23.5 Å². The first-order valence-electron chi connectivity index (χ1n) is 6.31. The van der Waals surface area contributed by atoms with Crippen molar-refractivity contribution < 1.29 is 4.39 Å². The lowest BCUT2D eigenvalue weighted by atomic mass is 9.96. The second-order valence-corrected chi connectivity index (χ2v) is 6.54. The Morgan fingerprint density at radius 1 is 1.10 bits per heavy atom. The van der Waals surface area contributed by atoms with E-state index in [2.05, 4.69) is 15.9 Å². The van der Waals surface area contributed by atoms with E-state index in [4.69, 9.17) is 5.73 Å². The summed E-state index contributed by atoms with van der Waals surface area (Å²) in [7, 11) is 0. The van der Waals surface area contributed by atoms with Crippen molar-refractivity contribution in [1.82, 2.24) is 0 Å². The van der Waals surface area contributed by atoms with Crippen LogP contribution >= 0.6 is 27.3 Å². The lowest BCUT2D eigenvalue weighted by Crippen LogP contribution is -2.13. The van der Waals surface area contributed by atoms with Gasteiger partial charge in [0, 0.05) is 27.2 Å². The minimum Gasteiger partial charge on any atom is -0.324 e. The maximum absolute atomic E-state index is 13.8. The van der Waals surface area contributed by atoms with Crippen LogP contribution in [0.4, 0.5) is 4.39 Å². The molecular weight excluding hydrogens is 337 g/mol. The lowest BCUT2D eigenvalue weighted by Gasteiger charge is -2.15. The number of hydrogen-bond donors (Lipinski definition) is 1. The van der Waals surface area contributed by atoms with Crippen LogP contribution in [0.25, 0.3) is 10.8 Å². The van der Waals surface area contributed by atoms with Gasteiger partial charge in [-0.2, -0.15) is 0 Å². The number of nitrogens with two attached hydrogens (primary N) is 1. The summed E-state index contributed by atoms with van der Waals surface area (Å²) < 4.78 is 14.9. The summed E-state index contributed by atoms with van der Waals surface area (Å²) in [6.07, 6.45) is 0.744. The van der Waals surface area contributed by atoms with Gasteiger partial charge < -0.3 is 5.73 Å². The zero-order valence-corrected chi connectivity index (χ0v) is 13.0. The van der Waals surface area contributed by atoms with Crippen molar-refractivity contribution in [3.8, 4) is 0 Å². The normalized spacial score (nSPS) is 12.8. The van der Waals surface area contributed by atoms with Gasteiger partial charge in [-0.05, 0) is 44.4 Å². The number of rotatable bonds is 3. The number of fused-ring (bicyclic) bond motifs is 1. The fraction of sp³-hybridized carbons (Fsp3) is 0.125. The van der Waals surface area contributed by atoms with E-state index in [-0.39, 0.29) is 11.9 Å². The molecule has 2 aromatic carbocycles. The summed E-state index contributed by atoms with van der Waals surface area (Å²) in [6.45, 7) is 0. The van der Waals surface area contributed by atoms with E-state index in [0.717, 1.165) is 21.8 Å². The molecule has 3 rings (SSSR count). The molecule has 0 aliphatic heterocycles. The van der Waals surface area contributed by atoms with Crippen molar-refractivity contribution in [3.05, 3.63) is 68.6 Å². The summed E-state index contributed by atoms with van der Waals surface area (Å²) in [5, 5.41) is 3.56. The fourth-order valence-electron chi connectivity index (χ4n) is 2.39. The van der Waals surface area contributed by atoms with Crippen molar-refractivity contribution >= 4 is 38.0 Å². The molecule has 0 aliphatic rings. The zero-order valence-electron chi connectivity index (χ0n) is 10.6. The van der Waals surface area contributed by atoms with Crippen molar-refractivity contribution in [3.63, 3.8) is 0 Å². The van der Waals surface area contributed by atoms with Crippen LogP contribution in [0.5, 0.6) is 0 Å². The molecule has 1 aromatic heterocycles. The number of benzene rings is 2. The largest absolute Gasteiger partial charge is 0.324 e. The van der Waals surface area contributed by atoms with Gasteiger partial charge >= 0.3 is 0 Å². The van der Waals surface area contributed by atoms with Gasteiger partial charge in [0.05, 0.1) is 0 Å². The second-order valence-electron chi connectivity index (χ2n) is 4.68. The molecule has 1 nitrogen and oxygen atoms in total. The van der Waals surface area contributed by atoms with E-state index in [1.807, 2.05) is 29.6 Å². The average Bonchev–Trinajstić information content (AvgIpc) is 2.85. The molecular formula is C16H13BrFNS. The van der Waals surface area contributed by atoms with Gasteiger partial charge in [-0.25, -0.2) is 4.39 Å². The minimum atomic E-state index is -0.200. The Hall–Kier alpha value is -1.23. The first-order chi connectivity index (χ1) is 9.66. The first-order valence-corrected chi connectivity index (χ1v) is 7.98. The second kappa shape index (κ2) is 5.64. The van der Waals surface area contributed by atoms with Gasteiger partial charge in [-0.3, -0.25) is 0 Å².